The Hall–Kier alpha value is -3.17. The van der Waals surface area contributed by atoms with E-state index in [0.29, 0.717) is 10.7 Å². The first-order valence-corrected chi connectivity index (χ1v) is 9.60. The number of hydrogen-bond donors (Lipinski definition) is 2. The van der Waals surface area contributed by atoms with Gasteiger partial charge in [-0.25, -0.2) is 4.39 Å². The molecule has 0 spiro atoms. The summed E-state index contributed by atoms with van der Waals surface area (Å²) in [4.78, 5) is 24.0. The maximum atomic E-state index is 12.8. The lowest BCUT2D eigenvalue weighted by atomic mass is 10.2. The van der Waals surface area contributed by atoms with Crippen LogP contribution in [0.25, 0.3) is 0 Å². The number of carbonyl (C=O) groups is 2. The fourth-order valence-corrected chi connectivity index (χ4v) is 2.98. The van der Waals surface area contributed by atoms with Gasteiger partial charge in [-0.3, -0.25) is 9.59 Å². The Morgan fingerprint density at radius 3 is 2.52 bits per heavy atom. The predicted molar refractivity (Wildman–Crippen MR) is 107 cm³/mol. The lowest BCUT2D eigenvalue weighted by Gasteiger charge is -2.05. The van der Waals surface area contributed by atoms with E-state index in [1.165, 1.54) is 12.1 Å². The number of halogens is 1. The second-order valence-corrected chi connectivity index (χ2v) is 7.28. The monoisotopic (exact) mass is 414 g/mol. The van der Waals surface area contributed by atoms with Crippen molar-refractivity contribution >= 4 is 28.8 Å². The second kappa shape index (κ2) is 9.85. The van der Waals surface area contributed by atoms with Gasteiger partial charge in [0.25, 0.3) is 5.91 Å². The van der Waals surface area contributed by atoms with Gasteiger partial charge in [-0.15, -0.1) is 10.2 Å². The Labute approximate surface area is 170 Å². The molecule has 7 nitrogen and oxygen atoms in total. The zero-order valence-corrected chi connectivity index (χ0v) is 16.5. The molecule has 2 aromatic carbocycles. The first kappa shape index (κ1) is 20.6. The molecule has 0 fully saturated rings. The SMILES string of the molecule is Cc1ccc(NC(=O)c2nnc(COCC(=O)NCc3ccc(F)cc3)s2)cc1. The molecular weight excluding hydrogens is 395 g/mol. The van der Waals surface area contributed by atoms with Crippen molar-refractivity contribution in [3.8, 4) is 0 Å². The van der Waals surface area contributed by atoms with E-state index in [1.54, 1.807) is 12.1 Å². The summed E-state index contributed by atoms with van der Waals surface area (Å²) in [6.45, 7) is 2.15. The number of nitrogens with one attached hydrogen (secondary N) is 2. The normalized spacial score (nSPS) is 10.6. The van der Waals surface area contributed by atoms with Gasteiger partial charge in [0.05, 0.1) is 0 Å². The van der Waals surface area contributed by atoms with Crippen molar-refractivity contribution in [1.82, 2.24) is 15.5 Å². The van der Waals surface area contributed by atoms with Gasteiger partial charge in [0.2, 0.25) is 10.9 Å². The van der Waals surface area contributed by atoms with E-state index in [2.05, 4.69) is 20.8 Å². The van der Waals surface area contributed by atoms with Crippen LogP contribution in [-0.4, -0.2) is 28.6 Å². The molecule has 0 unspecified atom stereocenters. The van der Waals surface area contributed by atoms with Gasteiger partial charge in [0.1, 0.15) is 24.0 Å². The van der Waals surface area contributed by atoms with E-state index < -0.39 is 0 Å². The van der Waals surface area contributed by atoms with E-state index in [-0.39, 0.29) is 42.4 Å². The molecule has 0 saturated heterocycles. The minimum Gasteiger partial charge on any atom is -0.364 e. The van der Waals surface area contributed by atoms with Crippen molar-refractivity contribution in [3.63, 3.8) is 0 Å². The molecule has 150 valence electrons. The Morgan fingerprint density at radius 1 is 1.07 bits per heavy atom. The highest BCUT2D eigenvalue weighted by atomic mass is 32.1. The lowest BCUT2D eigenvalue weighted by molar-refractivity contribution is -0.126. The van der Waals surface area contributed by atoms with E-state index in [1.807, 2.05) is 31.2 Å². The molecule has 0 saturated carbocycles. The predicted octanol–water partition coefficient (Wildman–Crippen LogP) is 3.07. The fourth-order valence-electron chi connectivity index (χ4n) is 2.31. The summed E-state index contributed by atoms with van der Waals surface area (Å²) in [7, 11) is 0. The molecule has 0 aliphatic rings. The van der Waals surface area contributed by atoms with Gasteiger partial charge in [-0.1, -0.05) is 41.2 Å². The third-order valence-electron chi connectivity index (χ3n) is 3.83. The molecule has 3 aromatic rings. The van der Waals surface area contributed by atoms with Gasteiger partial charge in [0.15, 0.2) is 0 Å². The smallest absolute Gasteiger partial charge is 0.286 e. The number of hydrogen-bond acceptors (Lipinski definition) is 6. The molecule has 0 aliphatic carbocycles. The molecule has 3 rings (SSSR count). The van der Waals surface area contributed by atoms with Gasteiger partial charge in [0, 0.05) is 12.2 Å². The summed E-state index contributed by atoms with van der Waals surface area (Å²) in [6.07, 6.45) is 0. The van der Waals surface area contributed by atoms with Gasteiger partial charge in [-0.2, -0.15) is 0 Å². The number of carbonyl (C=O) groups excluding carboxylic acids is 2. The van der Waals surface area contributed by atoms with E-state index in [9.17, 15) is 14.0 Å². The molecule has 2 amide bonds. The summed E-state index contributed by atoms with van der Waals surface area (Å²) in [5, 5.41) is 13.9. The largest absolute Gasteiger partial charge is 0.364 e. The highest BCUT2D eigenvalue weighted by molar-refractivity contribution is 7.13. The van der Waals surface area contributed by atoms with Crippen LogP contribution in [-0.2, 0) is 22.7 Å². The van der Waals surface area contributed by atoms with Crippen molar-refractivity contribution in [2.45, 2.75) is 20.1 Å². The van der Waals surface area contributed by atoms with Gasteiger partial charge >= 0.3 is 0 Å². The topological polar surface area (TPSA) is 93.2 Å². The summed E-state index contributed by atoms with van der Waals surface area (Å²) in [6, 6.07) is 13.3. The number of nitrogens with zero attached hydrogens (tertiary/aromatic N) is 2. The number of ether oxygens (including phenoxy) is 1. The lowest BCUT2D eigenvalue weighted by Crippen LogP contribution is -2.27. The van der Waals surface area contributed by atoms with Crippen LogP contribution in [0.15, 0.2) is 48.5 Å². The van der Waals surface area contributed by atoms with Crippen molar-refractivity contribution in [1.29, 1.82) is 0 Å². The Kier molecular flexibility index (Phi) is 6.99. The maximum absolute atomic E-state index is 12.8. The molecule has 2 N–H and O–H groups in total. The first-order valence-electron chi connectivity index (χ1n) is 8.79. The molecule has 1 heterocycles. The second-order valence-electron chi connectivity index (χ2n) is 6.22. The molecular formula is C20H19FN4O3S. The van der Waals surface area contributed by atoms with Crippen LogP contribution >= 0.6 is 11.3 Å². The molecule has 9 heteroatoms. The Morgan fingerprint density at radius 2 is 1.79 bits per heavy atom. The molecule has 0 bridgehead atoms. The van der Waals surface area contributed by atoms with Crippen LogP contribution in [0, 0.1) is 12.7 Å². The van der Waals surface area contributed by atoms with Crippen molar-refractivity contribution in [3.05, 3.63) is 75.5 Å². The first-order chi connectivity index (χ1) is 14.0. The number of amides is 2. The summed E-state index contributed by atoms with van der Waals surface area (Å²) >= 11 is 1.10. The molecule has 0 aliphatic heterocycles. The van der Waals surface area contributed by atoms with Crippen molar-refractivity contribution in [2.24, 2.45) is 0 Å². The quantitative estimate of drug-likeness (QED) is 0.591. The van der Waals surface area contributed by atoms with Crippen LogP contribution in [0.1, 0.15) is 25.9 Å². The molecule has 0 radical (unpaired) electrons. The minimum atomic E-state index is -0.352. The molecule has 0 atom stereocenters. The van der Waals surface area contributed by atoms with Crippen LogP contribution in [0.2, 0.25) is 0 Å². The van der Waals surface area contributed by atoms with Crippen LogP contribution < -0.4 is 10.6 Å². The highest BCUT2D eigenvalue weighted by Gasteiger charge is 2.13. The Bertz CT molecular complexity index is 974. The van der Waals surface area contributed by atoms with Crippen molar-refractivity contribution < 1.29 is 18.7 Å². The molecule has 29 heavy (non-hydrogen) atoms. The third kappa shape index (κ3) is 6.44. The maximum Gasteiger partial charge on any atom is 0.286 e. The average molecular weight is 414 g/mol. The summed E-state index contributed by atoms with van der Waals surface area (Å²) in [5.74, 6) is -0.988. The summed E-state index contributed by atoms with van der Waals surface area (Å²) in [5.41, 5.74) is 2.56. The minimum absolute atomic E-state index is 0.0689. The Balaban J connectivity index is 1.40. The zero-order chi connectivity index (χ0) is 20.6. The highest BCUT2D eigenvalue weighted by Crippen LogP contribution is 2.14. The number of benzene rings is 2. The van der Waals surface area contributed by atoms with Crippen LogP contribution in [0.3, 0.4) is 0 Å². The number of rotatable bonds is 8. The molecule has 1 aromatic heterocycles. The number of aryl methyl sites for hydroxylation is 1. The average Bonchev–Trinajstić information content (AvgIpc) is 3.18. The van der Waals surface area contributed by atoms with E-state index in [4.69, 9.17) is 4.74 Å². The zero-order valence-electron chi connectivity index (χ0n) is 15.6. The van der Waals surface area contributed by atoms with Crippen LogP contribution in [0.4, 0.5) is 10.1 Å². The standard InChI is InChI=1S/C20H19FN4O3S/c1-13-2-8-16(9-3-13)23-19(27)20-25-24-18(29-20)12-28-11-17(26)22-10-14-4-6-15(21)7-5-14/h2-9H,10-12H2,1H3,(H,22,26)(H,23,27). The number of anilines is 1. The van der Waals surface area contributed by atoms with Crippen LogP contribution in [0.5, 0.6) is 0 Å². The fraction of sp³-hybridized carbons (Fsp3) is 0.200. The van der Waals surface area contributed by atoms with Gasteiger partial charge < -0.3 is 15.4 Å². The summed E-state index contributed by atoms with van der Waals surface area (Å²) < 4.78 is 18.2. The van der Waals surface area contributed by atoms with Crippen molar-refractivity contribution in [2.75, 3.05) is 11.9 Å². The third-order valence-corrected chi connectivity index (χ3v) is 4.73. The van der Waals surface area contributed by atoms with E-state index >= 15 is 0 Å². The van der Waals surface area contributed by atoms with Gasteiger partial charge in [-0.05, 0) is 36.8 Å². The number of aromatic nitrogens is 2. The van der Waals surface area contributed by atoms with E-state index in [0.717, 1.165) is 22.5 Å².